The second-order valence-electron chi connectivity index (χ2n) is 8.26. The highest BCUT2D eigenvalue weighted by atomic mass is 16.7. The molecule has 7 heteroatoms. The zero-order valence-corrected chi connectivity index (χ0v) is 17.7. The summed E-state index contributed by atoms with van der Waals surface area (Å²) < 4.78 is 16.6. The van der Waals surface area contributed by atoms with Crippen molar-refractivity contribution in [2.24, 2.45) is 0 Å². The number of ether oxygens (including phenoxy) is 2. The third-order valence-corrected chi connectivity index (χ3v) is 6.22. The fourth-order valence-corrected chi connectivity index (χ4v) is 4.52. The van der Waals surface area contributed by atoms with Gasteiger partial charge in [0.05, 0.1) is 29.9 Å². The summed E-state index contributed by atoms with van der Waals surface area (Å²) in [6.07, 6.45) is 5.65. The zero-order valence-electron chi connectivity index (χ0n) is 17.7. The number of piperidine rings is 1. The van der Waals surface area contributed by atoms with Gasteiger partial charge in [0.2, 0.25) is 6.79 Å². The molecular formula is C25H24N4O3. The summed E-state index contributed by atoms with van der Waals surface area (Å²) in [7, 11) is 0. The van der Waals surface area contributed by atoms with Crippen LogP contribution in [0.3, 0.4) is 0 Å². The molecule has 0 atom stereocenters. The van der Waals surface area contributed by atoms with Crippen LogP contribution in [0, 0.1) is 0 Å². The van der Waals surface area contributed by atoms with Crippen molar-refractivity contribution in [3.8, 4) is 34.1 Å². The molecule has 3 aromatic heterocycles. The van der Waals surface area contributed by atoms with Crippen LogP contribution in [-0.2, 0) is 6.54 Å². The number of pyridine rings is 1. The lowest BCUT2D eigenvalue weighted by atomic mass is 9.96. The Bertz CT molecular complexity index is 1200. The SMILES string of the molecule is c1ccc(-c2[nH]c(C3CCN(Cc4ccco4)CC3)nc2-c2ccc3c(c2)OCO3)nc1. The normalized spacial score (nSPS) is 16.5. The average molecular weight is 428 g/mol. The van der Waals surface area contributed by atoms with E-state index in [0.29, 0.717) is 5.92 Å². The smallest absolute Gasteiger partial charge is 0.231 e. The molecule has 0 amide bonds. The van der Waals surface area contributed by atoms with Crippen LogP contribution in [-0.4, -0.2) is 39.7 Å². The Hall–Kier alpha value is -3.58. The molecule has 1 fully saturated rings. The van der Waals surface area contributed by atoms with Crippen LogP contribution in [0.2, 0.25) is 0 Å². The van der Waals surface area contributed by atoms with Gasteiger partial charge in [-0.2, -0.15) is 0 Å². The fourth-order valence-electron chi connectivity index (χ4n) is 4.52. The molecule has 7 nitrogen and oxygen atoms in total. The van der Waals surface area contributed by atoms with Crippen LogP contribution in [0.15, 0.2) is 65.4 Å². The highest BCUT2D eigenvalue weighted by Crippen LogP contribution is 2.39. The largest absolute Gasteiger partial charge is 0.468 e. The van der Waals surface area contributed by atoms with E-state index in [9.17, 15) is 0 Å². The molecule has 1 aromatic carbocycles. The Kier molecular flexibility index (Phi) is 4.88. The number of benzene rings is 1. The summed E-state index contributed by atoms with van der Waals surface area (Å²) in [6.45, 7) is 3.16. The number of nitrogens with one attached hydrogen (secondary N) is 1. The van der Waals surface area contributed by atoms with Gasteiger partial charge in [0.1, 0.15) is 11.6 Å². The average Bonchev–Trinajstić information content (AvgIpc) is 3.60. The summed E-state index contributed by atoms with van der Waals surface area (Å²) in [6, 6.07) is 15.9. The number of imidazole rings is 1. The molecule has 0 aliphatic carbocycles. The number of rotatable bonds is 5. The van der Waals surface area contributed by atoms with Crippen molar-refractivity contribution < 1.29 is 13.9 Å². The Morgan fingerprint density at radius 2 is 1.91 bits per heavy atom. The maximum absolute atomic E-state index is 5.60. The molecule has 32 heavy (non-hydrogen) atoms. The molecule has 1 saturated heterocycles. The zero-order chi connectivity index (χ0) is 21.3. The number of fused-ring (bicyclic) bond motifs is 1. The molecule has 0 radical (unpaired) electrons. The lowest BCUT2D eigenvalue weighted by molar-refractivity contribution is 0.174. The third-order valence-electron chi connectivity index (χ3n) is 6.22. The number of aromatic amines is 1. The lowest BCUT2D eigenvalue weighted by Gasteiger charge is -2.30. The van der Waals surface area contributed by atoms with Crippen molar-refractivity contribution in [3.63, 3.8) is 0 Å². The quantitative estimate of drug-likeness (QED) is 0.490. The maximum atomic E-state index is 5.60. The second-order valence-corrected chi connectivity index (χ2v) is 8.26. The molecule has 0 bridgehead atoms. The number of likely N-dealkylation sites (tertiary alicyclic amines) is 1. The fraction of sp³-hybridized carbons (Fsp3) is 0.280. The van der Waals surface area contributed by atoms with Crippen LogP contribution >= 0.6 is 0 Å². The van der Waals surface area contributed by atoms with Crippen LogP contribution in [0.5, 0.6) is 11.5 Å². The number of aromatic nitrogens is 3. The highest BCUT2D eigenvalue weighted by Gasteiger charge is 2.26. The van der Waals surface area contributed by atoms with Gasteiger partial charge < -0.3 is 18.9 Å². The first-order valence-electron chi connectivity index (χ1n) is 11.0. The van der Waals surface area contributed by atoms with Crippen molar-refractivity contribution in [3.05, 3.63) is 72.6 Å². The predicted molar refractivity (Wildman–Crippen MR) is 119 cm³/mol. The van der Waals surface area contributed by atoms with Gasteiger partial charge in [-0.25, -0.2) is 4.98 Å². The topological polar surface area (TPSA) is 76.4 Å². The molecule has 1 N–H and O–H groups in total. The summed E-state index contributed by atoms with van der Waals surface area (Å²) in [5, 5.41) is 0. The van der Waals surface area contributed by atoms with Gasteiger partial charge in [0.25, 0.3) is 0 Å². The van der Waals surface area contributed by atoms with Gasteiger partial charge in [0, 0.05) is 17.7 Å². The molecule has 0 saturated carbocycles. The predicted octanol–water partition coefficient (Wildman–Crippen LogP) is 4.84. The van der Waals surface area contributed by atoms with Crippen LogP contribution < -0.4 is 9.47 Å². The summed E-state index contributed by atoms with van der Waals surface area (Å²) in [5.74, 6) is 3.95. The lowest BCUT2D eigenvalue weighted by Crippen LogP contribution is -2.32. The van der Waals surface area contributed by atoms with Gasteiger partial charge in [-0.1, -0.05) is 6.07 Å². The first kappa shape index (κ1) is 19.1. The minimum absolute atomic E-state index is 0.258. The molecule has 2 aliphatic rings. The monoisotopic (exact) mass is 428 g/mol. The summed E-state index contributed by atoms with van der Waals surface area (Å²) in [5.41, 5.74) is 3.72. The molecule has 0 spiro atoms. The van der Waals surface area contributed by atoms with Gasteiger partial charge in [-0.3, -0.25) is 9.88 Å². The van der Waals surface area contributed by atoms with Gasteiger partial charge >= 0.3 is 0 Å². The minimum atomic E-state index is 0.258. The van der Waals surface area contributed by atoms with Gasteiger partial charge in [-0.05, 0) is 68.4 Å². The Labute approximate surface area is 186 Å². The number of hydrogen-bond donors (Lipinski definition) is 1. The van der Waals surface area contributed by atoms with E-state index in [1.54, 1.807) is 6.26 Å². The number of furan rings is 1. The van der Waals surface area contributed by atoms with Crippen LogP contribution in [0.25, 0.3) is 22.6 Å². The van der Waals surface area contributed by atoms with E-state index in [-0.39, 0.29) is 6.79 Å². The molecule has 162 valence electrons. The second kappa shape index (κ2) is 8.16. The summed E-state index contributed by atoms with van der Waals surface area (Å²) >= 11 is 0. The van der Waals surface area contributed by atoms with Crippen molar-refractivity contribution >= 4 is 0 Å². The van der Waals surface area contributed by atoms with E-state index < -0.39 is 0 Å². The first-order chi connectivity index (χ1) is 15.8. The molecular weight excluding hydrogens is 404 g/mol. The molecule has 5 heterocycles. The van der Waals surface area contributed by atoms with Crippen LogP contribution in [0.4, 0.5) is 0 Å². The minimum Gasteiger partial charge on any atom is -0.468 e. The number of H-pyrrole nitrogens is 1. The Morgan fingerprint density at radius 3 is 2.72 bits per heavy atom. The van der Waals surface area contributed by atoms with Crippen molar-refractivity contribution in [2.75, 3.05) is 19.9 Å². The molecule has 2 aliphatic heterocycles. The van der Waals surface area contributed by atoms with Crippen molar-refractivity contribution in [1.82, 2.24) is 19.9 Å². The van der Waals surface area contributed by atoms with E-state index in [1.807, 2.05) is 54.7 Å². The van der Waals surface area contributed by atoms with E-state index in [0.717, 1.165) is 78.2 Å². The Morgan fingerprint density at radius 1 is 1.00 bits per heavy atom. The van der Waals surface area contributed by atoms with Crippen LogP contribution in [0.1, 0.15) is 30.3 Å². The molecule has 4 aromatic rings. The van der Waals surface area contributed by atoms with Gasteiger partial charge in [0.15, 0.2) is 11.5 Å². The maximum Gasteiger partial charge on any atom is 0.231 e. The first-order valence-corrected chi connectivity index (χ1v) is 11.0. The highest BCUT2D eigenvalue weighted by molar-refractivity contribution is 5.78. The third kappa shape index (κ3) is 3.65. The van der Waals surface area contributed by atoms with E-state index in [2.05, 4.69) is 14.9 Å². The summed E-state index contributed by atoms with van der Waals surface area (Å²) in [4.78, 5) is 15.7. The van der Waals surface area contributed by atoms with Crippen molar-refractivity contribution in [2.45, 2.75) is 25.3 Å². The molecule has 6 rings (SSSR count). The van der Waals surface area contributed by atoms with Crippen molar-refractivity contribution in [1.29, 1.82) is 0 Å². The van der Waals surface area contributed by atoms with Gasteiger partial charge in [-0.15, -0.1) is 0 Å². The molecule has 0 unspecified atom stereocenters. The van der Waals surface area contributed by atoms with E-state index >= 15 is 0 Å². The van der Waals surface area contributed by atoms with E-state index in [4.69, 9.17) is 18.9 Å². The Balaban J connectivity index is 1.29. The van der Waals surface area contributed by atoms with E-state index in [1.165, 1.54) is 0 Å². The number of hydrogen-bond acceptors (Lipinski definition) is 6. The number of nitrogens with zero attached hydrogens (tertiary/aromatic N) is 3. The standard InChI is InChI=1S/C25H24N4O3/c1-2-10-26-20(5-1)24-23(18-6-7-21-22(14-18)32-16-31-21)27-25(28-24)17-8-11-29(12-9-17)15-19-4-3-13-30-19/h1-7,10,13-14,17H,8-9,11-12,15-16H2,(H,27,28).